The van der Waals surface area contributed by atoms with Crippen LogP contribution in [-0.4, -0.2) is 64.8 Å². The van der Waals surface area contributed by atoms with Crippen LogP contribution in [0.25, 0.3) is 0 Å². The maximum atomic E-state index is 13.3. The molecule has 2 aromatic carbocycles. The molecule has 0 atom stereocenters. The van der Waals surface area contributed by atoms with Gasteiger partial charge in [-0.05, 0) is 48.7 Å². The van der Waals surface area contributed by atoms with E-state index in [2.05, 4.69) is 5.32 Å². The summed E-state index contributed by atoms with van der Waals surface area (Å²) in [6.07, 6.45) is 1.10. The Labute approximate surface area is 194 Å². The van der Waals surface area contributed by atoms with E-state index in [4.69, 9.17) is 11.6 Å². The van der Waals surface area contributed by atoms with Gasteiger partial charge in [0, 0.05) is 44.5 Å². The quantitative estimate of drug-likeness (QED) is 0.687. The van der Waals surface area contributed by atoms with Gasteiger partial charge in [0.05, 0.1) is 5.02 Å². The Kier molecular flexibility index (Phi) is 6.78. The molecule has 0 aromatic heterocycles. The van der Waals surface area contributed by atoms with Gasteiger partial charge in [0.25, 0.3) is 0 Å². The lowest BCUT2D eigenvalue weighted by Crippen LogP contribution is -2.59. The van der Waals surface area contributed by atoms with Gasteiger partial charge in [-0.15, -0.1) is 0 Å². The lowest BCUT2D eigenvalue weighted by Gasteiger charge is -2.42. The molecule has 174 valence electrons. The molecule has 10 heteroatoms. The number of hydrogen-bond donors (Lipinski definition) is 1. The van der Waals surface area contributed by atoms with E-state index in [0.29, 0.717) is 44.7 Å². The number of rotatable bonds is 4. The number of carbonyl (C=O) groups excluding carboxylic acids is 3. The van der Waals surface area contributed by atoms with E-state index in [1.165, 1.54) is 35.2 Å². The highest BCUT2D eigenvalue weighted by atomic mass is 35.5. The van der Waals surface area contributed by atoms with E-state index in [0.717, 1.165) is 5.56 Å². The Hall–Kier alpha value is -3.20. The van der Waals surface area contributed by atoms with Gasteiger partial charge in [-0.2, -0.15) is 0 Å². The summed E-state index contributed by atoms with van der Waals surface area (Å²) in [7, 11) is 0. The number of carbonyl (C=O) groups is 3. The number of piperidine rings is 1. The zero-order valence-corrected chi connectivity index (χ0v) is 18.5. The fourth-order valence-electron chi connectivity index (χ4n) is 4.16. The molecule has 0 aliphatic carbocycles. The molecular weight excluding hydrogens is 454 g/mol. The second-order valence-corrected chi connectivity index (χ2v) is 8.54. The molecule has 2 heterocycles. The molecule has 2 aliphatic heterocycles. The average molecular weight is 477 g/mol. The van der Waals surface area contributed by atoms with Crippen molar-refractivity contribution in [2.45, 2.75) is 25.4 Å². The van der Waals surface area contributed by atoms with E-state index in [-0.39, 0.29) is 29.5 Å². The van der Waals surface area contributed by atoms with Gasteiger partial charge >= 0.3 is 17.8 Å². The number of likely N-dealkylation sites (tertiary alicyclic amines) is 1. The fraction of sp³-hybridized carbons (Fsp3) is 0.348. The first-order valence-corrected chi connectivity index (χ1v) is 11.0. The third kappa shape index (κ3) is 5.24. The monoisotopic (exact) mass is 476 g/mol. The van der Waals surface area contributed by atoms with E-state index < -0.39 is 17.6 Å². The highest BCUT2D eigenvalue weighted by Gasteiger charge is 2.38. The summed E-state index contributed by atoms with van der Waals surface area (Å²) in [4.78, 5) is 42.6. The first kappa shape index (κ1) is 23.0. The Morgan fingerprint density at radius 2 is 1.67 bits per heavy atom. The first-order valence-electron chi connectivity index (χ1n) is 10.7. The van der Waals surface area contributed by atoms with Gasteiger partial charge in [0.1, 0.15) is 11.6 Å². The normalized spacial score (nSPS) is 17.5. The van der Waals surface area contributed by atoms with Gasteiger partial charge in [0.15, 0.2) is 0 Å². The Morgan fingerprint density at radius 1 is 0.970 bits per heavy atom. The zero-order valence-electron chi connectivity index (χ0n) is 17.8. The van der Waals surface area contributed by atoms with Crippen LogP contribution in [0.5, 0.6) is 0 Å². The molecule has 2 aliphatic rings. The molecule has 2 fully saturated rings. The summed E-state index contributed by atoms with van der Waals surface area (Å²) >= 11 is 5.75. The fourth-order valence-corrected chi connectivity index (χ4v) is 4.34. The van der Waals surface area contributed by atoms with Crippen molar-refractivity contribution in [3.8, 4) is 0 Å². The van der Waals surface area contributed by atoms with E-state index in [1.54, 1.807) is 21.9 Å². The Balaban J connectivity index is 1.29. The zero-order chi connectivity index (χ0) is 23.5. The minimum Gasteiger partial charge on any atom is -0.330 e. The predicted molar refractivity (Wildman–Crippen MR) is 119 cm³/mol. The molecule has 33 heavy (non-hydrogen) atoms. The van der Waals surface area contributed by atoms with E-state index in [9.17, 15) is 23.2 Å². The summed E-state index contributed by atoms with van der Waals surface area (Å²) in [6, 6.07) is 9.35. The van der Waals surface area contributed by atoms with Crippen molar-refractivity contribution >= 4 is 35.1 Å². The maximum absolute atomic E-state index is 13.3. The minimum atomic E-state index is -0.570. The van der Waals surface area contributed by atoms with Gasteiger partial charge in [-0.3, -0.25) is 9.59 Å². The number of hydrogen-bond acceptors (Lipinski definition) is 3. The first-order chi connectivity index (χ1) is 15.8. The van der Waals surface area contributed by atoms with Gasteiger partial charge < -0.3 is 20.0 Å². The van der Waals surface area contributed by atoms with Crippen molar-refractivity contribution in [3.63, 3.8) is 0 Å². The average Bonchev–Trinajstić information content (AvgIpc) is 2.81. The number of halogens is 3. The smallest absolute Gasteiger partial charge is 0.321 e. The number of amides is 4. The number of benzene rings is 2. The van der Waals surface area contributed by atoms with Gasteiger partial charge in [-0.25, -0.2) is 13.6 Å². The summed E-state index contributed by atoms with van der Waals surface area (Å²) in [5.41, 5.74) is 1.15. The topological polar surface area (TPSA) is 73.0 Å². The summed E-state index contributed by atoms with van der Waals surface area (Å²) < 4.78 is 26.4. The van der Waals surface area contributed by atoms with Crippen molar-refractivity contribution in [3.05, 3.63) is 64.7 Å². The molecule has 1 N–H and O–H groups in total. The van der Waals surface area contributed by atoms with Crippen molar-refractivity contribution in [2.75, 3.05) is 31.5 Å². The van der Waals surface area contributed by atoms with Crippen LogP contribution >= 0.6 is 11.6 Å². The molecule has 0 unspecified atom stereocenters. The second-order valence-electron chi connectivity index (χ2n) is 8.13. The van der Waals surface area contributed by atoms with Gasteiger partial charge in [0.2, 0.25) is 0 Å². The van der Waals surface area contributed by atoms with Crippen LogP contribution in [-0.2, 0) is 16.1 Å². The van der Waals surface area contributed by atoms with Crippen LogP contribution < -0.4 is 5.32 Å². The minimum absolute atomic E-state index is 0.0757. The van der Waals surface area contributed by atoms with Gasteiger partial charge in [-0.1, -0.05) is 23.7 Å². The Bertz CT molecular complexity index is 1060. The van der Waals surface area contributed by atoms with Crippen molar-refractivity contribution < 1.29 is 23.2 Å². The molecule has 0 bridgehead atoms. The molecule has 2 aromatic rings. The molecular formula is C23H23ClF2N4O3. The van der Waals surface area contributed by atoms with Crippen LogP contribution in [0.1, 0.15) is 18.4 Å². The highest BCUT2D eigenvalue weighted by Crippen LogP contribution is 2.23. The van der Waals surface area contributed by atoms with E-state index in [1.807, 2.05) is 0 Å². The molecule has 2 saturated heterocycles. The van der Waals surface area contributed by atoms with Crippen LogP contribution in [0.4, 0.5) is 19.3 Å². The molecule has 0 radical (unpaired) electrons. The van der Waals surface area contributed by atoms with Crippen molar-refractivity contribution in [1.29, 1.82) is 0 Å². The third-order valence-electron chi connectivity index (χ3n) is 5.99. The number of anilines is 1. The van der Waals surface area contributed by atoms with Crippen molar-refractivity contribution in [2.24, 2.45) is 0 Å². The largest absolute Gasteiger partial charge is 0.330 e. The summed E-state index contributed by atoms with van der Waals surface area (Å²) in [5, 5.41) is 2.62. The Morgan fingerprint density at radius 3 is 2.33 bits per heavy atom. The highest BCUT2D eigenvalue weighted by molar-refractivity contribution is 6.35. The molecule has 4 amide bonds. The van der Waals surface area contributed by atoms with Crippen LogP contribution in [0, 0.1) is 11.6 Å². The summed E-state index contributed by atoms with van der Waals surface area (Å²) in [6.45, 7) is 1.90. The standard InChI is InChI=1S/C23H23ClF2N4O3/c24-19-13-17(5-6-20(19)26)27-23(33)28-9-7-18(8-10-28)30-12-11-29(21(31)22(30)32)14-15-1-3-16(25)4-2-15/h1-6,13,18H,7-12,14H2,(H,27,33). The molecule has 0 spiro atoms. The SMILES string of the molecule is O=C(Nc1ccc(F)c(Cl)c1)N1CCC(N2CCN(Cc3ccc(F)cc3)C(=O)C2=O)CC1. The second kappa shape index (κ2) is 9.74. The molecule has 7 nitrogen and oxygen atoms in total. The molecule has 0 saturated carbocycles. The van der Waals surface area contributed by atoms with Crippen molar-refractivity contribution in [1.82, 2.24) is 14.7 Å². The lowest BCUT2D eigenvalue weighted by atomic mass is 10.0. The van der Waals surface area contributed by atoms with Crippen LogP contribution in [0.2, 0.25) is 5.02 Å². The number of nitrogens with zero attached hydrogens (tertiary/aromatic N) is 3. The van der Waals surface area contributed by atoms with Crippen LogP contribution in [0.15, 0.2) is 42.5 Å². The van der Waals surface area contributed by atoms with E-state index >= 15 is 0 Å². The third-order valence-corrected chi connectivity index (χ3v) is 6.28. The number of urea groups is 1. The summed E-state index contributed by atoms with van der Waals surface area (Å²) in [5.74, 6) is -2.04. The van der Waals surface area contributed by atoms with Crippen LogP contribution in [0.3, 0.4) is 0 Å². The number of piperazine rings is 1. The maximum Gasteiger partial charge on any atom is 0.321 e. The lowest BCUT2D eigenvalue weighted by molar-refractivity contribution is -0.158. The predicted octanol–water partition coefficient (Wildman–Crippen LogP) is 3.49. The number of nitrogens with one attached hydrogen (secondary N) is 1. The molecule has 4 rings (SSSR count).